The average molecular weight is 326 g/mol. The van der Waals surface area contributed by atoms with Gasteiger partial charge in [0.25, 0.3) is 0 Å². The zero-order valence-electron chi connectivity index (χ0n) is 13.9. The number of fused-ring (bicyclic) bond motifs is 3. The predicted molar refractivity (Wildman–Crippen MR) is 90.0 cm³/mol. The number of aromatic hydroxyl groups is 2. The molecule has 124 valence electrons. The monoisotopic (exact) mass is 326 g/mol. The van der Waals surface area contributed by atoms with Gasteiger partial charge in [-0.25, -0.2) is 0 Å². The van der Waals surface area contributed by atoms with Crippen molar-refractivity contribution in [2.24, 2.45) is 0 Å². The minimum atomic E-state index is -0.889. The summed E-state index contributed by atoms with van der Waals surface area (Å²) in [4.78, 5) is 36.2. The van der Waals surface area contributed by atoms with Crippen LogP contribution in [0.1, 0.15) is 57.4 Å². The molecule has 3 rings (SSSR count). The summed E-state index contributed by atoms with van der Waals surface area (Å²) in [5.41, 5.74) is 0.924. The lowest BCUT2D eigenvalue weighted by Gasteiger charge is -2.21. The highest BCUT2D eigenvalue weighted by molar-refractivity contribution is 6.54. The van der Waals surface area contributed by atoms with E-state index in [2.05, 4.69) is 0 Å². The Morgan fingerprint density at radius 1 is 0.958 bits per heavy atom. The van der Waals surface area contributed by atoms with Crippen LogP contribution in [-0.4, -0.2) is 27.6 Å². The van der Waals surface area contributed by atoms with Gasteiger partial charge in [-0.3, -0.25) is 14.4 Å². The second kappa shape index (κ2) is 6.28. The molecule has 1 aliphatic carbocycles. The molecule has 0 atom stereocenters. The minimum Gasteiger partial charge on any atom is -0.507 e. The van der Waals surface area contributed by atoms with Gasteiger partial charge in [0.05, 0.1) is 11.1 Å². The van der Waals surface area contributed by atoms with Gasteiger partial charge >= 0.3 is 0 Å². The van der Waals surface area contributed by atoms with Crippen molar-refractivity contribution in [3.05, 3.63) is 46.5 Å². The summed E-state index contributed by atoms with van der Waals surface area (Å²) in [5, 5.41) is 20.1. The van der Waals surface area contributed by atoms with Gasteiger partial charge in [-0.05, 0) is 37.1 Å². The molecular formula is C19H18O5. The van der Waals surface area contributed by atoms with Gasteiger partial charge in [-0.15, -0.1) is 0 Å². The molecule has 0 aliphatic heterocycles. The number of carbonyl (C=O) groups is 3. The fourth-order valence-corrected chi connectivity index (χ4v) is 2.81. The molecule has 2 aromatic rings. The fraction of sp³-hybridized carbons (Fsp3) is 0.211. The summed E-state index contributed by atoms with van der Waals surface area (Å²) in [6.45, 7) is 6.87. The zero-order chi connectivity index (χ0) is 18.2. The van der Waals surface area contributed by atoms with Crippen LogP contribution in [0.2, 0.25) is 0 Å². The molecular weight excluding hydrogens is 308 g/mol. The number of ketones is 3. The maximum atomic E-state index is 12.3. The highest BCUT2D eigenvalue weighted by Gasteiger charge is 2.36. The van der Waals surface area contributed by atoms with Crippen molar-refractivity contribution in [1.82, 2.24) is 0 Å². The first-order valence-electron chi connectivity index (χ1n) is 7.63. The Kier molecular flexibility index (Phi) is 4.55. The van der Waals surface area contributed by atoms with Crippen LogP contribution in [0.15, 0.2) is 24.3 Å². The molecule has 0 amide bonds. The van der Waals surface area contributed by atoms with Crippen molar-refractivity contribution in [1.29, 1.82) is 0 Å². The van der Waals surface area contributed by atoms with E-state index >= 15 is 0 Å². The number of benzene rings is 2. The quantitative estimate of drug-likeness (QED) is 0.616. The van der Waals surface area contributed by atoms with Crippen LogP contribution in [0.5, 0.6) is 11.5 Å². The summed E-state index contributed by atoms with van der Waals surface area (Å²) >= 11 is 0. The first kappa shape index (κ1) is 17.4. The standard InChI is InChI=1S/C17H12O5.C2H6/c1-7-10(8(2)18)6-11-9-4-3-5-12(19)13(9)16(21)17(22)14(11)15(7)20;1-2/h3-6,19-20H,1-2H3;1-2H3. The van der Waals surface area contributed by atoms with E-state index in [0.717, 1.165) is 0 Å². The normalized spacial score (nSPS) is 12.0. The van der Waals surface area contributed by atoms with Gasteiger partial charge in [0.1, 0.15) is 11.5 Å². The van der Waals surface area contributed by atoms with E-state index in [0.29, 0.717) is 5.56 Å². The molecule has 5 nitrogen and oxygen atoms in total. The number of hydrogen-bond acceptors (Lipinski definition) is 5. The number of phenolic OH excluding ortho intramolecular Hbond substituents is 2. The number of carbonyl (C=O) groups excluding carboxylic acids is 3. The van der Waals surface area contributed by atoms with Crippen LogP contribution < -0.4 is 0 Å². The summed E-state index contributed by atoms with van der Waals surface area (Å²) < 4.78 is 0. The van der Waals surface area contributed by atoms with Gasteiger partial charge in [0.15, 0.2) is 5.78 Å². The van der Waals surface area contributed by atoms with E-state index in [1.807, 2.05) is 13.8 Å². The molecule has 0 fully saturated rings. The van der Waals surface area contributed by atoms with E-state index in [4.69, 9.17) is 0 Å². The van der Waals surface area contributed by atoms with E-state index in [9.17, 15) is 24.6 Å². The largest absolute Gasteiger partial charge is 0.507 e. The fourth-order valence-electron chi connectivity index (χ4n) is 2.81. The van der Waals surface area contributed by atoms with Gasteiger partial charge in [-0.2, -0.15) is 0 Å². The van der Waals surface area contributed by atoms with Gasteiger partial charge < -0.3 is 10.2 Å². The maximum Gasteiger partial charge on any atom is 0.238 e. The van der Waals surface area contributed by atoms with E-state index in [-0.39, 0.29) is 45.1 Å². The highest BCUT2D eigenvalue weighted by Crippen LogP contribution is 2.43. The molecule has 0 bridgehead atoms. The highest BCUT2D eigenvalue weighted by atomic mass is 16.3. The van der Waals surface area contributed by atoms with Crippen LogP contribution in [0.4, 0.5) is 0 Å². The van der Waals surface area contributed by atoms with Crippen molar-refractivity contribution in [3.8, 4) is 22.6 Å². The van der Waals surface area contributed by atoms with Crippen molar-refractivity contribution >= 4 is 17.3 Å². The lowest BCUT2D eigenvalue weighted by atomic mass is 9.80. The molecule has 24 heavy (non-hydrogen) atoms. The Labute approximate surface area is 139 Å². The van der Waals surface area contributed by atoms with Crippen molar-refractivity contribution in [2.45, 2.75) is 27.7 Å². The molecule has 0 heterocycles. The Morgan fingerprint density at radius 2 is 1.54 bits per heavy atom. The van der Waals surface area contributed by atoms with Crippen molar-refractivity contribution < 1.29 is 24.6 Å². The molecule has 2 N–H and O–H groups in total. The van der Waals surface area contributed by atoms with Crippen LogP contribution in [0.3, 0.4) is 0 Å². The van der Waals surface area contributed by atoms with Crippen LogP contribution in [-0.2, 0) is 0 Å². The Balaban J connectivity index is 0.00000100. The Morgan fingerprint density at radius 3 is 2.12 bits per heavy atom. The van der Waals surface area contributed by atoms with E-state index < -0.39 is 11.6 Å². The summed E-state index contributed by atoms with van der Waals surface area (Å²) in [6, 6.07) is 5.90. The SMILES string of the molecule is CC.CC(=O)c1cc2c(c(O)c1C)C(=O)C(=O)c1c(O)cccc1-2. The number of hydrogen-bond donors (Lipinski definition) is 2. The van der Waals surface area contributed by atoms with E-state index in [1.165, 1.54) is 32.0 Å². The smallest absolute Gasteiger partial charge is 0.238 e. The molecule has 0 aromatic heterocycles. The van der Waals surface area contributed by atoms with Crippen LogP contribution in [0.25, 0.3) is 11.1 Å². The second-order valence-electron chi connectivity index (χ2n) is 5.23. The summed E-state index contributed by atoms with van der Waals surface area (Å²) in [7, 11) is 0. The predicted octanol–water partition coefficient (Wildman–Crippen LogP) is 3.68. The van der Waals surface area contributed by atoms with Crippen LogP contribution >= 0.6 is 0 Å². The van der Waals surface area contributed by atoms with E-state index in [1.54, 1.807) is 6.07 Å². The third kappa shape index (κ3) is 2.38. The maximum absolute atomic E-state index is 12.3. The average Bonchev–Trinajstić information content (AvgIpc) is 2.56. The summed E-state index contributed by atoms with van der Waals surface area (Å²) in [5.74, 6) is -2.69. The van der Waals surface area contributed by atoms with Gasteiger partial charge in [0, 0.05) is 11.1 Å². The molecule has 0 saturated heterocycles. The van der Waals surface area contributed by atoms with Gasteiger partial charge in [-0.1, -0.05) is 26.0 Å². The van der Waals surface area contributed by atoms with Crippen molar-refractivity contribution in [3.63, 3.8) is 0 Å². The minimum absolute atomic E-state index is 0.0993. The lowest BCUT2D eigenvalue weighted by molar-refractivity contribution is 0.0811. The van der Waals surface area contributed by atoms with Gasteiger partial charge in [0.2, 0.25) is 11.6 Å². The topological polar surface area (TPSA) is 91.7 Å². The second-order valence-corrected chi connectivity index (χ2v) is 5.23. The first-order chi connectivity index (χ1) is 11.3. The Hall–Kier alpha value is -2.95. The lowest BCUT2D eigenvalue weighted by Crippen LogP contribution is -2.22. The summed E-state index contributed by atoms with van der Waals surface area (Å²) in [6.07, 6.45) is 0. The number of rotatable bonds is 1. The third-order valence-corrected chi connectivity index (χ3v) is 3.93. The number of phenols is 2. The molecule has 0 spiro atoms. The molecule has 0 radical (unpaired) electrons. The number of Topliss-reactive ketones (excluding diaryl/α,β-unsaturated/α-hetero) is 3. The van der Waals surface area contributed by atoms with Crippen LogP contribution in [0, 0.1) is 6.92 Å². The first-order valence-corrected chi connectivity index (χ1v) is 7.63. The molecule has 1 aliphatic rings. The molecule has 5 heteroatoms. The zero-order valence-corrected chi connectivity index (χ0v) is 13.9. The molecule has 0 saturated carbocycles. The third-order valence-electron chi connectivity index (χ3n) is 3.93. The molecule has 2 aromatic carbocycles. The molecule has 0 unspecified atom stereocenters. The Bertz CT molecular complexity index is 878. The van der Waals surface area contributed by atoms with Crippen molar-refractivity contribution in [2.75, 3.05) is 0 Å².